The highest BCUT2D eigenvalue weighted by Gasteiger charge is 2.55. The van der Waals surface area contributed by atoms with E-state index in [1.54, 1.807) is 0 Å². The molecule has 10 heteroatoms. The zero-order valence-corrected chi connectivity index (χ0v) is 16.5. The van der Waals surface area contributed by atoms with Crippen LogP contribution >= 0.6 is 0 Å². The topological polar surface area (TPSA) is 88.3 Å². The highest BCUT2D eigenvalue weighted by atomic mass is 19.3. The number of halogens is 5. The van der Waals surface area contributed by atoms with Crippen LogP contribution in [-0.2, 0) is 11.3 Å². The fourth-order valence-electron chi connectivity index (χ4n) is 5.14. The second-order valence-electron chi connectivity index (χ2n) is 8.17. The fourth-order valence-corrected chi connectivity index (χ4v) is 5.14. The van der Waals surface area contributed by atoms with E-state index in [9.17, 15) is 27.2 Å². The first kappa shape index (κ1) is 20.7. The molecule has 2 aromatic rings. The molecule has 0 radical (unpaired) electrons. The lowest BCUT2D eigenvalue weighted by Crippen LogP contribution is -2.40. The largest absolute Gasteiger partial charge is 0.403 e. The maximum absolute atomic E-state index is 14.9. The molecule has 0 fully saturated rings. The molecule has 2 aliphatic carbocycles. The van der Waals surface area contributed by atoms with E-state index >= 15 is 0 Å². The van der Waals surface area contributed by atoms with Crippen molar-refractivity contribution in [3.05, 3.63) is 75.2 Å². The van der Waals surface area contributed by atoms with Gasteiger partial charge in [0.1, 0.15) is 17.7 Å². The summed E-state index contributed by atoms with van der Waals surface area (Å²) < 4.78 is 73.1. The molecule has 1 heterocycles. The molecule has 32 heavy (non-hydrogen) atoms. The molecule has 0 saturated carbocycles. The number of hydrazine groups is 1. The van der Waals surface area contributed by atoms with Gasteiger partial charge in [-0.3, -0.25) is 0 Å². The zero-order chi connectivity index (χ0) is 22.9. The molecule has 0 spiro atoms. The number of nitriles is 1. The molecule has 3 unspecified atom stereocenters. The Morgan fingerprint density at radius 2 is 1.94 bits per heavy atom. The number of nitrogens with two attached hydrogens (primary N) is 2. The van der Waals surface area contributed by atoms with E-state index in [4.69, 9.17) is 16.4 Å². The molecule has 0 amide bonds. The first-order chi connectivity index (χ1) is 15.2. The molecule has 0 saturated heterocycles. The van der Waals surface area contributed by atoms with Crippen LogP contribution in [-0.4, -0.2) is 17.3 Å². The van der Waals surface area contributed by atoms with E-state index < -0.39 is 42.5 Å². The second kappa shape index (κ2) is 6.92. The van der Waals surface area contributed by atoms with Crippen LogP contribution in [0, 0.1) is 17.1 Å². The molecule has 0 aromatic heterocycles. The Balaban J connectivity index is 1.76. The van der Waals surface area contributed by atoms with E-state index in [2.05, 4.69) is 0 Å². The lowest BCUT2D eigenvalue weighted by atomic mass is 9.73. The lowest BCUT2D eigenvalue weighted by Gasteiger charge is -2.35. The first-order valence-electron chi connectivity index (χ1n) is 9.86. The average Bonchev–Trinajstić information content (AvgIpc) is 3.01. The van der Waals surface area contributed by atoms with Crippen molar-refractivity contribution in [1.82, 2.24) is 5.17 Å². The average molecular weight is 448 g/mol. The van der Waals surface area contributed by atoms with Crippen LogP contribution < -0.4 is 11.6 Å². The van der Waals surface area contributed by atoms with Crippen LogP contribution in [0.25, 0.3) is 5.70 Å². The summed E-state index contributed by atoms with van der Waals surface area (Å²) in [6.07, 6.45) is -5.75. The van der Waals surface area contributed by atoms with Gasteiger partial charge in [0.15, 0.2) is 12.3 Å². The van der Waals surface area contributed by atoms with Crippen molar-refractivity contribution in [1.29, 1.82) is 5.26 Å². The number of alkyl halides is 4. The van der Waals surface area contributed by atoms with E-state index in [0.29, 0.717) is 16.3 Å². The number of hydrogen-bond acceptors (Lipinski definition) is 5. The van der Waals surface area contributed by atoms with Gasteiger partial charge in [-0.2, -0.15) is 10.4 Å². The SMILES string of the molecule is N#Cc1cc(F)cc2c1[C@@H](c1ccc3c4c1CC(F)(F)C4ON(N)/C3=C\N)CC(F)C2F. The lowest BCUT2D eigenvalue weighted by molar-refractivity contribution is -0.236. The van der Waals surface area contributed by atoms with Crippen molar-refractivity contribution in [2.75, 3.05) is 0 Å². The Labute approximate surface area is 179 Å². The van der Waals surface area contributed by atoms with E-state index in [1.165, 1.54) is 12.1 Å². The van der Waals surface area contributed by atoms with Gasteiger partial charge < -0.3 is 5.73 Å². The molecule has 1 aliphatic heterocycles. The maximum atomic E-state index is 14.9. The normalized spacial score (nSPS) is 28.9. The Hall–Kier alpha value is -3.16. The summed E-state index contributed by atoms with van der Waals surface area (Å²) in [5.74, 6) is 0.605. The number of hydroxylamine groups is 1. The smallest absolute Gasteiger partial charge is 0.284 e. The molecule has 166 valence electrons. The minimum absolute atomic E-state index is 0.116. The number of rotatable bonds is 1. The molecule has 3 aliphatic rings. The summed E-state index contributed by atoms with van der Waals surface area (Å²) in [4.78, 5) is 5.22. The molecule has 5 rings (SSSR count). The Kier molecular flexibility index (Phi) is 4.48. The quantitative estimate of drug-likeness (QED) is 0.505. The van der Waals surface area contributed by atoms with Gasteiger partial charge in [-0.05, 0) is 40.8 Å². The molecule has 5 nitrogen and oxygen atoms in total. The summed E-state index contributed by atoms with van der Waals surface area (Å²) in [7, 11) is 0. The third kappa shape index (κ3) is 2.74. The summed E-state index contributed by atoms with van der Waals surface area (Å²) >= 11 is 0. The zero-order valence-electron chi connectivity index (χ0n) is 16.5. The number of benzene rings is 2. The van der Waals surface area contributed by atoms with Crippen molar-refractivity contribution in [2.45, 2.75) is 43.1 Å². The third-order valence-corrected chi connectivity index (χ3v) is 6.44. The van der Waals surface area contributed by atoms with Crippen molar-refractivity contribution >= 4 is 5.70 Å². The Morgan fingerprint density at radius 1 is 1.19 bits per heavy atom. The molecular formula is C22H17F5N4O. The predicted molar refractivity (Wildman–Crippen MR) is 103 cm³/mol. The van der Waals surface area contributed by atoms with Gasteiger partial charge >= 0.3 is 0 Å². The summed E-state index contributed by atoms with van der Waals surface area (Å²) in [5.41, 5.74) is 6.51. The maximum Gasteiger partial charge on any atom is 0.284 e. The van der Waals surface area contributed by atoms with Crippen LogP contribution in [0.1, 0.15) is 63.6 Å². The molecule has 2 aromatic carbocycles. The van der Waals surface area contributed by atoms with E-state index in [-0.39, 0.29) is 39.9 Å². The van der Waals surface area contributed by atoms with E-state index in [1.807, 2.05) is 6.07 Å². The van der Waals surface area contributed by atoms with Gasteiger partial charge in [0.25, 0.3) is 5.92 Å². The van der Waals surface area contributed by atoms with Crippen molar-refractivity contribution in [3.63, 3.8) is 0 Å². The monoisotopic (exact) mass is 448 g/mol. The predicted octanol–water partition coefficient (Wildman–Crippen LogP) is 4.19. The second-order valence-corrected chi connectivity index (χ2v) is 8.17. The van der Waals surface area contributed by atoms with Crippen molar-refractivity contribution in [3.8, 4) is 6.07 Å². The standard InChI is InChI=1S/C22H17F5N4O/c23-10-3-9(7-28)18-13(5-16(24)20(25)14(18)4-10)11-1-2-12-17(8-29)31(30)32-21-19(12)15(11)6-22(21,26)27/h1-4,8,13,16,20-21H,5-6,29-30H2/b17-8-/t13-,16?,20?,21?/m1/s1. The highest BCUT2D eigenvalue weighted by molar-refractivity contribution is 5.71. The fraction of sp³-hybridized carbons (Fsp3) is 0.318. The van der Waals surface area contributed by atoms with Gasteiger partial charge in [-0.15, -0.1) is 0 Å². The number of hydrogen-bond donors (Lipinski definition) is 2. The van der Waals surface area contributed by atoms with Gasteiger partial charge in [0, 0.05) is 29.7 Å². The minimum Gasteiger partial charge on any atom is -0.403 e. The third-order valence-electron chi connectivity index (χ3n) is 6.44. The molecular weight excluding hydrogens is 431 g/mol. The molecule has 0 bridgehead atoms. The van der Waals surface area contributed by atoms with E-state index in [0.717, 1.165) is 18.3 Å². The summed E-state index contributed by atoms with van der Waals surface area (Å²) in [6.45, 7) is 0. The van der Waals surface area contributed by atoms with Crippen LogP contribution in [0.15, 0.2) is 30.5 Å². The van der Waals surface area contributed by atoms with Crippen LogP contribution in [0.2, 0.25) is 0 Å². The van der Waals surface area contributed by atoms with Crippen LogP contribution in [0.5, 0.6) is 0 Å². The molecule has 4 N–H and O–H groups in total. The van der Waals surface area contributed by atoms with Crippen LogP contribution in [0.3, 0.4) is 0 Å². The van der Waals surface area contributed by atoms with Gasteiger partial charge in [0.2, 0.25) is 0 Å². The summed E-state index contributed by atoms with van der Waals surface area (Å²) in [6, 6.07) is 6.68. The Morgan fingerprint density at radius 3 is 2.62 bits per heavy atom. The van der Waals surface area contributed by atoms with Crippen molar-refractivity contribution < 1.29 is 26.8 Å². The number of nitrogens with zero attached hydrogens (tertiary/aromatic N) is 2. The van der Waals surface area contributed by atoms with Gasteiger partial charge in [0.05, 0.1) is 11.6 Å². The number of fused-ring (bicyclic) bond motifs is 1. The molecule has 4 atom stereocenters. The Bertz CT molecular complexity index is 1210. The van der Waals surface area contributed by atoms with Gasteiger partial charge in [-0.25, -0.2) is 32.6 Å². The van der Waals surface area contributed by atoms with Crippen molar-refractivity contribution in [2.24, 2.45) is 11.6 Å². The minimum atomic E-state index is -3.32. The first-order valence-corrected chi connectivity index (χ1v) is 9.86. The highest BCUT2D eigenvalue weighted by Crippen LogP contribution is 2.55. The summed E-state index contributed by atoms with van der Waals surface area (Å²) in [5, 5.41) is 10.2. The van der Waals surface area contributed by atoms with Gasteiger partial charge in [-0.1, -0.05) is 12.1 Å². The van der Waals surface area contributed by atoms with Crippen LogP contribution in [0.4, 0.5) is 22.0 Å².